The topological polar surface area (TPSA) is 15.3 Å². The van der Waals surface area contributed by atoms with Crippen LogP contribution < -0.4 is 10.2 Å². The maximum atomic E-state index is 14.2. The van der Waals surface area contributed by atoms with E-state index in [1.165, 1.54) is 12.1 Å². The molecule has 2 nitrogen and oxygen atoms in total. The molecule has 0 bridgehead atoms. The lowest BCUT2D eigenvalue weighted by Gasteiger charge is -2.40. The van der Waals surface area contributed by atoms with Gasteiger partial charge in [-0.25, -0.2) is 8.78 Å². The van der Waals surface area contributed by atoms with E-state index in [1.807, 2.05) is 11.8 Å². The summed E-state index contributed by atoms with van der Waals surface area (Å²) in [7, 11) is 0. The van der Waals surface area contributed by atoms with Gasteiger partial charge in [0.05, 0.1) is 0 Å². The van der Waals surface area contributed by atoms with E-state index < -0.39 is 11.6 Å². The first-order valence-corrected chi connectivity index (χ1v) is 6.99. The molecule has 0 radical (unpaired) electrons. The van der Waals surface area contributed by atoms with Gasteiger partial charge in [0.25, 0.3) is 0 Å². The van der Waals surface area contributed by atoms with E-state index in [2.05, 4.69) is 12.2 Å². The summed E-state index contributed by atoms with van der Waals surface area (Å²) in [6, 6.07) is 3.44. The highest BCUT2D eigenvalue weighted by Crippen LogP contribution is 2.31. The molecule has 0 aliphatic carbocycles. The van der Waals surface area contributed by atoms with Gasteiger partial charge in [0, 0.05) is 18.6 Å². The molecule has 1 fully saturated rings. The molecule has 19 heavy (non-hydrogen) atoms. The van der Waals surface area contributed by atoms with Gasteiger partial charge >= 0.3 is 0 Å². The Labute approximate surface area is 113 Å². The minimum atomic E-state index is -0.461. The third kappa shape index (κ3) is 2.89. The molecule has 2 unspecified atom stereocenters. The number of nitrogens with zero attached hydrogens (tertiary/aromatic N) is 1. The van der Waals surface area contributed by atoms with E-state index in [0.29, 0.717) is 18.2 Å². The second kappa shape index (κ2) is 5.87. The van der Waals surface area contributed by atoms with Gasteiger partial charge in [0.2, 0.25) is 0 Å². The monoisotopic (exact) mass is 268 g/mol. The summed E-state index contributed by atoms with van der Waals surface area (Å²) in [5, 5.41) is 3.41. The lowest BCUT2D eigenvalue weighted by atomic mass is 9.97. The fourth-order valence-electron chi connectivity index (χ4n) is 2.88. The van der Waals surface area contributed by atoms with Crippen LogP contribution >= 0.6 is 0 Å². The zero-order chi connectivity index (χ0) is 14.0. The zero-order valence-corrected chi connectivity index (χ0v) is 11.8. The first-order chi connectivity index (χ1) is 9.04. The molecule has 2 atom stereocenters. The SMILES string of the molecule is CCNC1CCN(c2c(F)ccc(C)c2F)C(C)C1. The number of hydrogen-bond donors (Lipinski definition) is 1. The van der Waals surface area contributed by atoms with Crippen molar-refractivity contribution in [1.82, 2.24) is 5.32 Å². The molecule has 106 valence electrons. The molecule has 0 aromatic heterocycles. The molecular weight excluding hydrogens is 246 g/mol. The van der Waals surface area contributed by atoms with Gasteiger partial charge in [0.15, 0.2) is 5.82 Å². The zero-order valence-electron chi connectivity index (χ0n) is 11.8. The van der Waals surface area contributed by atoms with Crippen LogP contribution in [0.25, 0.3) is 0 Å². The highest BCUT2D eigenvalue weighted by molar-refractivity contribution is 5.52. The first-order valence-electron chi connectivity index (χ1n) is 6.99. The third-order valence-corrected chi connectivity index (χ3v) is 3.92. The van der Waals surface area contributed by atoms with Crippen molar-refractivity contribution in [3.63, 3.8) is 0 Å². The molecule has 1 aromatic rings. The Balaban J connectivity index is 2.22. The Hall–Kier alpha value is -1.16. The van der Waals surface area contributed by atoms with Crippen LogP contribution in [0.2, 0.25) is 0 Å². The molecule has 4 heteroatoms. The highest BCUT2D eigenvalue weighted by atomic mass is 19.1. The maximum Gasteiger partial charge on any atom is 0.152 e. The fourth-order valence-corrected chi connectivity index (χ4v) is 2.88. The molecule has 1 aliphatic rings. The van der Waals surface area contributed by atoms with E-state index in [9.17, 15) is 8.78 Å². The van der Waals surface area contributed by atoms with Crippen LogP contribution in [0, 0.1) is 18.6 Å². The number of piperidine rings is 1. The second-order valence-electron chi connectivity index (χ2n) is 5.35. The molecular formula is C15H22F2N2. The van der Waals surface area contributed by atoms with Crippen molar-refractivity contribution < 1.29 is 8.78 Å². The molecule has 0 amide bonds. The van der Waals surface area contributed by atoms with Crippen LogP contribution in [0.4, 0.5) is 14.5 Å². The van der Waals surface area contributed by atoms with Crippen LogP contribution in [-0.2, 0) is 0 Å². The van der Waals surface area contributed by atoms with Crippen LogP contribution in [0.1, 0.15) is 32.3 Å². The van der Waals surface area contributed by atoms with Crippen LogP contribution in [-0.4, -0.2) is 25.2 Å². The van der Waals surface area contributed by atoms with E-state index in [4.69, 9.17) is 0 Å². The Morgan fingerprint density at radius 3 is 2.74 bits per heavy atom. The quantitative estimate of drug-likeness (QED) is 0.905. The minimum absolute atomic E-state index is 0.141. The Morgan fingerprint density at radius 1 is 1.37 bits per heavy atom. The Kier molecular flexibility index (Phi) is 4.40. The normalized spacial score (nSPS) is 23.7. The van der Waals surface area contributed by atoms with Gasteiger partial charge in [0.1, 0.15) is 11.5 Å². The number of nitrogens with one attached hydrogen (secondary N) is 1. The lowest BCUT2D eigenvalue weighted by Crippen LogP contribution is -2.48. The number of halogens is 2. The maximum absolute atomic E-state index is 14.2. The number of benzene rings is 1. The van der Waals surface area contributed by atoms with E-state index in [1.54, 1.807) is 6.92 Å². The van der Waals surface area contributed by atoms with Crippen molar-refractivity contribution in [2.45, 2.75) is 45.7 Å². The Morgan fingerprint density at radius 2 is 2.11 bits per heavy atom. The number of anilines is 1. The van der Waals surface area contributed by atoms with Gasteiger partial charge in [-0.2, -0.15) is 0 Å². The van der Waals surface area contributed by atoms with E-state index in [0.717, 1.165) is 19.4 Å². The predicted octanol–water partition coefficient (Wildman–Crippen LogP) is 3.24. The number of aryl methyl sites for hydroxylation is 1. The second-order valence-corrected chi connectivity index (χ2v) is 5.35. The number of hydrogen-bond acceptors (Lipinski definition) is 2. The summed E-state index contributed by atoms with van der Waals surface area (Å²) in [4.78, 5) is 1.87. The number of rotatable bonds is 3. The summed E-state index contributed by atoms with van der Waals surface area (Å²) in [6.07, 6.45) is 1.84. The standard InChI is InChI=1S/C15H22F2N2/c1-4-18-12-7-8-19(11(3)9-12)15-13(16)6-5-10(2)14(15)17/h5-6,11-12,18H,4,7-9H2,1-3H3. The van der Waals surface area contributed by atoms with Gasteiger partial charge in [-0.15, -0.1) is 0 Å². The minimum Gasteiger partial charge on any atom is -0.364 e. The van der Waals surface area contributed by atoms with Gasteiger partial charge in [-0.05, 0) is 44.9 Å². The molecule has 1 aliphatic heterocycles. The van der Waals surface area contributed by atoms with Gasteiger partial charge in [-0.1, -0.05) is 13.0 Å². The fraction of sp³-hybridized carbons (Fsp3) is 0.600. The highest BCUT2D eigenvalue weighted by Gasteiger charge is 2.29. The first kappa shape index (κ1) is 14.3. The average Bonchev–Trinajstić information content (AvgIpc) is 2.37. The van der Waals surface area contributed by atoms with Gasteiger partial charge in [-0.3, -0.25) is 0 Å². The molecule has 1 N–H and O–H groups in total. The summed E-state index contributed by atoms with van der Waals surface area (Å²) in [5.41, 5.74) is 0.639. The molecule has 1 saturated heterocycles. The third-order valence-electron chi connectivity index (χ3n) is 3.92. The van der Waals surface area contributed by atoms with Crippen molar-refractivity contribution in [3.05, 3.63) is 29.3 Å². The summed E-state index contributed by atoms with van der Waals surface area (Å²) < 4.78 is 28.1. The van der Waals surface area contributed by atoms with Crippen molar-refractivity contribution in [2.24, 2.45) is 0 Å². The molecule has 0 spiro atoms. The van der Waals surface area contributed by atoms with Crippen LogP contribution in [0.15, 0.2) is 12.1 Å². The molecule has 0 saturated carbocycles. The smallest absolute Gasteiger partial charge is 0.152 e. The largest absolute Gasteiger partial charge is 0.364 e. The van der Waals surface area contributed by atoms with Crippen molar-refractivity contribution in [1.29, 1.82) is 0 Å². The van der Waals surface area contributed by atoms with Crippen molar-refractivity contribution >= 4 is 5.69 Å². The lowest BCUT2D eigenvalue weighted by molar-refractivity contribution is 0.368. The van der Waals surface area contributed by atoms with Crippen LogP contribution in [0.3, 0.4) is 0 Å². The average molecular weight is 268 g/mol. The summed E-state index contributed by atoms with van der Waals surface area (Å²) >= 11 is 0. The van der Waals surface area contributed by atoms with Crippen molar-refractivity contribution in [3.8, 4) is 0 Å². The molecule has 1 aromatic carbocycles. The predicted molar refractivity (Wildman–Crippen MR) is 74.6 cm³/mol. The molecule has 2 rings (SSSR count). The summed E-state index contributed by atoms with van der Waals surface area (Å²) in [6.45, 7) is 7.41. The van der Waals surface area contributed by atoms with E-state index in [-0.39, 0.29) is 11.7 Å². The van der Waals surface area contributed by atoms with Crippen LogP contribution in [0.5, 0.6) is 0 Å². The van der Waals surface area contributed by atoms with E-state index >= 15 is 0 Å². The van der Waals surface area contributed by atoms with Crippen molar-refractivity contribution in [2.75, 3.05) is 18.0 Å². The summed E-state index contributed by atoms with van der Waals surface area (Å²) in [5.74, 6) is -0.884. The van der Waals surface area contributed by atoms with Gasteiger partial charge < -0.3 is 10.2 Å². The Bertz CT molecular complexity index is 448. The molecule has 1 heterocycles.